The van der Waals surface area contributed by atoms with E-state index in [4.69, 9.17) is 10.6 Å². The fourth-order valence-electron chi connectivity index (χ4n) is 2.35. The Bertz CT molecular complexity index is 930. The number of nitrogen functional groups attached to an aromatic ring is 1. The molecule has 2 aromatic carbocycles. The van der Waals surface area contributed by atoms with Gasteiger partial charge in [-0.15, -0.1) is 10.2 Å². The topological polar surface area (TPSA) is 95.1 Å². The number of ether oxygens (including phenoxy) is 1. The van der Waals surface area contributed by atoms with Crippen molar-refractivity contribution < 1.29 is 13.9 Å². The van der Waals surface area contributed by atoms with Crippen molar-refractivity contribution in [2.45, 2.75) is 11.6 Å². The highest BCUT2D eigenvalue weighted by molar-refractivity contribution is 7.99. The standard InChI is InChI=1S/C18H18FN5O2S/c1-26-15-7-5-12(6-8-15)9-16-22-23-18(24(16)20)27-11-17(25)21-14-4-2-3-13(19)10-14/h2-8,10H,9,11,20H2,1H3,(H,21,25). The molecule has 7 nitrogen and oxygen atoms in total. The van der Waals surface area contributed by atoms with Crippen LogP contribution in [-0.2, 0) is 11.2 Å². The second-order valence-corrected chi connectivity index (χ2v) is 6.58. The molecule has 1 heterocycles. The number of benzene rings is 2. The molecule has 0 atom stereocenters. The minimum atomic E-state index is -0.412. The molecule has 3 aromatic rings. The van der Waals surface area contributed by atoms with E-state index in [9.17, 15) is 9.18 Å². The van der Waals surface area contributed by atoms with Gasteiger partial charge < -0.3 is 15.9 Å². The second-order valence-electron chi connectivity index (χ2n) is 5.64. The minimum absolute atomic E-state index is 0.0778. The van der Waals surface area contributed by atoms with Crippen LogP contribution < -0.4 is 15.9 Å². The molecule has 0 aliphatic heterocycles. The fourth-order valence-corrected chi connectivity index (χ4v) is 3.02. The molecule has 0 aliphatic carbocycles. The first-order chi connectivity index (χ1) is 13.0. The van der Waals surface area contributed by atoms with Gasteiger partial charge in [0.15, 0.2) is 5.82 Å². The average Bonchev–Trinajstić information content (AvgIpc) is 3.00. The highest BCUT2D eigenvalue weighted by Gasteiger charge is 2.13. The van der Waals surface area contributed by atoms with E-state index in [1.54, 1.807) is 13.2 Å². The molecule has 0 saturated carbocycles. The molecule has 0 bridgehead atoms. The second kappa shape index (κ2) is 8.54. The number of hydrogen-bond acceptors (Lipinski definition) is 6. The maximum Gasteiger partial charge on any atom is 0.234 e. The van der Waals surface area contributed by atoms with E-state index in [0.717, 1.165) is 23.1 Å². The lowest BCUT2D eigenvalue weighted by Crippen LogP contribution is -2.17. The smallest absolute Gasteiger partial charge is 0.234 e. The molecular formula is C18H18FN5O2S. The fraction of sp³-hybridized carbons (Fsp3) is 0.167. The molecule has 0 aliphatic rings. The van der Waals surface area contributed by atoms with Crippen LogP contribution in [0.4, 0.5) is 10.1 Å². The van der Waals surface area contributed by atoms with Crippen LogP contribution in [-0.4, -0.2) is 33.6 Å². The number of halogens is 1. The van der Waals surface area contributed by atoms with E-state index >= 15 is 0 Å². The molecule has 3 N–H and O–H groups in total. The quantitative estimate of drug-likeness (QED) is 0.478. The Morgan fingerprint density at radius 1 is 1.26 bits per heavy atom. The Morgan fingerprint density at radius 2 is 2.04 bits per heavy atom. The maximum absolute atomic E-state index is 13.1. The van der Waals surface area contributed by atoms with Crippen molar-refractivity contribution in [2.24, 2.45) is 0 Å². The highest BCUT2D eigenvalue weighted by atomic mass is 32.2. The van der Waals surface area contributed by atoms with Crippen molar-refractivity contribution in [1.29, 1.82) is 0 Å². The number of methoxy groups -OCH3 is 1. The zero-order valence-corrected chi connectivity index (χ0v) is 15.4. The molecule has 0 radical (unpaired) electrons. The summed E-state index contributed by atoms with van der Waals surface area (Å²) in [6.45, 7) is 0. The molecule has 0 unspecified atom stereocenters. The monoisotopic (exact) mass is 387 g/mol. The first-order valence-corrected chi connectivity index (χ1v) is 9.04. The molecule has 3 rings (SSSR count). The summed E-state index contributed by atoms with van der Waals surface area (Å²) < 4.78 is 19.6. The Labute approximate surface area is 159 Å². The van der Waals surface area contributed by atoms with Crippen LogP contribution in [0.1, 0.15) is 11.4 Å². The van der Waals surface area contributed by atoms with E-state index in [0.29, 0.717) is 23.1 Å². The van der Waals surface area contributed by atoms with E-state index in [1.165, 1.54) is 22.9 Å². The van der Waals surface area contributed by atoms with Gasteiger partial charge in [0.25, 0.3) is 0 Å². The largest absolute Gasteiger partial charge is 0.497 e. The van der Waals surface area contributed by atoms with Gasteiger partial charge >= 0.3 is 0 Å². The normalized spacial score (nSPS) is 10.6. The van der Waals surface area contributed by atoms with E-state index in [2.05, 4.69) is 15.5 Å². The maximum atomic E-state index is 13.1. The molecule has 140 valence electrons. The van der Waals surface area contributed by atoms with Crippen molar-refractivity contribution in [3.05, 3.63) is 65.7 Å². The third-order valence-electron chi connectivity index (χ3n) is 3.70. The first-order valence-electron chi connectivity index (χ1n) is 8.05. The number of nitrogens with zero attached hydrogens (tertiary/aromatic N) is 3. The lowest BCUT2D eigenvalue weighted by molar-refractivity contribution is -0.113. The number of hydrogen-bond donors (Lipinski definition) is 2. The number of anilines is 1. The number of nitrogens with two attached hydrogens (primary N) is 1. The van der Waals surface area contributed by atoms with Crippen LogP contribution in [0.5, 0.6) is 5.75 Å². The molecule has 1 amide bonds. The van der Waals surface area contributed by atoms with Gasteiger partial charge in [-0.1, -0.05) is 30.0 Å². The number of carbonyl (C=O) groups is 1. The van der Waals surface area contributed by atoms with Crippen molar-refractivity contribution >= 4 is 23.4 Å². The summed E-state index contributed by atoms with van der Waals surface area (Å²) in [6.07, 6.45) is 0.504. The van der Waals surface area contributed by atoms with Crippen LogP contribution in [0, 0.1) is 5.82 Å². The molecule has 0 saturated heterocycles. The van der Waals surface area contributed by atoms with Crippen LogP contribution in [0.2, 0.25) is 0 Å². The zero-order chi connectivity index (χ0) is 19.2. The third kappa shape index (κ3) is 4.98. The van der Waals surface area contributed by atoms with Crippen molar-refractivity contribution in [3.8, 4) is 5.75 Å². The zero-order valence-electron chi connectivity index (χ0n) is 14.6. The van der Waals surface area contributed by atoms with Crippen molar-refractivity contribution in [3.63, 3.8) is 0 Å². The summed E-state index contributed by atoms with van der Waals surface area (Å²) in [5.41, 5.74) is 1.41. The Morgan fingerprint density at radius 3 is 2.74 bits per heavy atom. The van der Waals surface area contributed by atoms with Crippen LogP contribution in [0.15, 0.2) is 53.7 Å². The number of thioether (sulfide) groups is 1. The molecule has 1 aromatic heterocycles. The van der Waals surface area contributed by atoms with Crippen LogP contribution in [0.3, 0.4) is 0 Å². The average molecular weight is 387 g/mol. The summed E-state index contributed by atoms with van der Waals surface area (Å²) in [5, 5.41) is 11.2. The molecule has 27 heavy (non-hydrogen) atoms. The van der Waals surface area contributed by atoms with E-state index in [1.807, 2.05) is 24.3 Å². The Balaban J connectivity index is 1.57. The van der Waals surface area contributed by atoms with E-state index < -0.39 is 5.82 Å². The van der Waals surface area contributed by atoms with Gasteiger partial charge in [-0.25, -0.2) is 9.07 Å². The summed E-state index contributed by atoms with van der Waals surface area (Å²) >= 11 is 1.15. The predicted molar refractivity (Wildman–Crippen MR) is 102 cm³/mol. The molecule has 9 heteroatoms. The van der Waals surface area contributed by atoms with Crippen LogP contribution >= 0.6 is 11.8 Å². The summed E-state index contributed by atoms with van der Waals surface area (Å²) in [6, 6.07) is 13.3. The number of nitrogens with one attached hydrogen (secondary N) is 1. The van der Waals surface area contributed by atoms with Gasteiger partial charge in [0, 0.05) is 12.1 Å². The third-order valence-corrected chi connectivity index (χ3v) is 4.64. The van der Waals surface area contributed by atoms with Gasteiger partial charge in [-0.05, 0) is 35.9 Å². The number of amides is 1. The number of aromatic nitrogens is 3. The lowest BCUT2D eigenvalue weighted by atomic mass is 10.1. The van der Waals surface area contributed by atoms with Gasteiger partial charge in [-0.2, -0.15) is 0 Å². The number of carbonyl (C=O) groups excluding carboxylic acids is 1. The Kier molecular flexibility index (Phi) is 5.92. The van der Waals surface area contributed by atoms with Crippen molar-refractivity contribution in [1.82, 2.24) is 14.9 Å². The summed E-state index contributed by atoms with van der Waals surface area (Å²) in [5.74, 6) is 6.76. The van der Waals surface area contributed by atoms with Gasteiger partial charge in [0.2, 0.25) is 11.1 Å². The van der Waals surface area contributed by atoms with E-state index in [-0.39, 0.29) is 11.7 Å². The van der Waals surface area contributed by atoms with Crippen LogP contribution in [0.25, 0.3) is 0 Å². The molecular weight excluding hydrogens is 369 g/mol. The SMILES string of the molecule is COc1ccc(Cc2nnc(SCC(=O)Nc3cccc(F)c3)n2N)cc1. The van der Waals surface area contributed by atoms with Crippen molar-refractivity contribution in [2.75, 3.05) is 24.0 Å². The molecule has 0 spiro atoms. The molecule has 0 fully saturated rings. The summed E-state index contributed by atoms with van der Waals surface area (Å²) in [7, 11) is 1.61. The van der Waals surface area contributed by atoms with Gasteiger partial charge in [-0.3, -0.25) is 4.79 Å². The highest BCUT2D eigenvalue weighted by Crippen LogP contribution is 2.18. The first kappa shape index (κ1) is 18.7. The lowest BCUT2D eigenvalue weighted by Gasteiger charge is -2.06. The number of rotatable bonds is 7. The van der Waals surface area contributed by atoms with Gasteiger partial charge in [0.1, 0.15) is 11.6 Å². The minimum Gasteiger partial charge on any atom is -0.497 e. The predicted octanol–water partition coefficient (Wildman–Crippen LogP) is 2.46. The Hall–Kier alpha value is -3.07. The summed E-state index contributed by atoms with van der Waals surface area (Å²) in [4.78, 5) is 12.0. The van der Waals surface area contributed by atoms with Gasteiger partial charge in [0.05, 0.1) is 12.9 Å².